The van der Waals surface area contributed by atoms with E-state index in [4.69, 9.17) is 0 Å². The first-order chi connectivity index (χ1) is 15.0. The summed E-state index contributed by atoms with van der Waals surface area (Å²) in [5, 5.41) is 2.86. The van der Waals surface area contributed by atoms with E-state index in [0.717, 1.165) is 10.5 Å². The molecule has 3 heterocycles. The number of carbonyl (C=O) groups is 3. The van der Waals surface area contributed by atoms with Crippen LogP contribution < -0.4 is 10.2 Å². The third-order valence-electron chi connectivity index (χ3n) is 5.83. The van der Waals surface area contributed by atoms with Gasteiger partial charge in [-0.05, 0) is 18.1 Å². The standard InChI is InChI=1S/C22H26N6O3/c1-2-9-22(17-7-4-3-5-8-17)19(30)28(21(31)25-22)16-18(29)26-12-14-27(15-13-26)20-23-10-6-11-24-20/h3-8,10-11H,2,9,12-16H2,1H3,(H,25,31)/t22-/m0/s1. The van der Waals surface area contributed by atoms with Gasteiger partial charge in [0, 0.05) is 38.6 Å². The molecule has 2 fully saturated rings. The number of benzene rings is 1. The minimum atomic E-state index is -1.11. The summed E-state index contributed by atoms with van der Waals surface area (Å²) in [6.07, 6.45) is 4.56. The van der Waals surface area contributed by atoms with Crippen molar-refractivity contribution >= 4 is 23.8 Å². The first-order valence-corrected chi connectivity index (χ1v) is 10.5. The van der Waals surface area contributed by atoms with E-state index in [0.29, 0.717) is 45.0 Å². The summed E-state index contributed by atoms with van der Waals surface area (Å²) in [4.78, 5) is 52.2. The number of rotatable bonds is 6. The number of urea groups is 1. The van der Waals surface area contributed by atoms with E-state index in [1.54, 1.807) is 23.4 Å². The molecule has 2 aromatic rings. The molecule has 0 radical (unpaired) electrons. The van der Waals surface area contributed by atoms with Crippen molar-refractivity contribution in [2.24, 2.45) is 0 Å². The molecule has 9 heteroatoms. The molecule has 4 rings (SSSR count). The van der Waals surface area contributed by atoms with Gasteiger partial charge in [0.05, 0.1) is 0 Å². The van der Waals surface area contributed by atoms with Gasteiger partial charge >= 0.3 is 6.03 Å². The molecule has 1 atom stereocenters. The van der Waals surface area contributed by atoms with E-state index >= 15 is 0 Å². The van der Waals surface area contributed by atoms with Crippen molar-refractivity contribution in [3.8, 4) is 0 Å². The normalized spacial score (nSPS) is 21.4. The molecule has 2 aliphatic rings. The number of imide groups is 1. The van der Waals surface area contributed by atoms with Crippen molar-refractivity contribution in [3.05, 3.63) is 54.4 Å². The van der Waals surface area contributed by atoms with Gasteiger partial charge in [0.25, 0.3) is 5.91 Å². The molecule has 0 spiro atoms. The Morgan fingerprint density at radius 2 is 1.71 bits per heavy atom. The Balaban J connectivity index is 1.43. The third-order valence-corrected chi connectivity index (χ3v) is 5.83. The highest BCUT2D eigenvalue weighted by Crippen LogP contribution is 2.33. The van der Waals surface area contributed by atoms with Crippen LogP contribution in [0, 0.1) is 0 Å². The summed E-state index contributed by atoms with van der Waals surface area (Å²) >= 11 is 0. The largest absolute Gasteiger partial charge is 0.338 e. The molecule has 1 N–H and O–H groups in total. The molecular weight excluding hydrogens is 396 g/mol. The fourth-order valence-electron chi connectivity index (χ4n) is 4.22. The highest BCUT2D eigenvalue weighted by molar-refractivity contribution is 6.09. The number of hydrogen-bond donors (Lipinski definition) is 1. The second kappa shape index (κ2) is 8.71. The van der Waals surface area contributed by atoms with Crippen molar-refractivity contribution in [3.63, 3.8) is 0 Å². The molecule has 162 valence electrons. The highest BCUT2D eigenvalue weighted by Gasteiger charge is 2.52. The van der Waals surface area contributed by atoms with E-state index in [2.05, 4.69) is 15.3 Å². The third kappa shape index (κ3) is 3.95. The molecule has 2 aliphatic heterocycles. The maximum absolute atomic E-state index is 13.3. The van der Waals surface area contributed by atoms with Gasteiger partial charge in [0.2, 0.25) is 11.9 Å². The van der Waals surface area contributed by atoms with Crippen LogP contribution in [0.3, 0.4) is 0 Å². The maximum atomic E-state index is 13.3. The second-order valence-corrected chi connectivity index (χ2v) is 7.76. The summed E-state index contributed by atoms with van der Waals surface area (Å²) in [5.74, 6) is 0.0311. The minimum Gasteiger partial charge on any atom is -0.338 e. The Morgan fingerprint density at radius 3 is 2.35 bits per heavy atom. The molecule has 0 bridgehead atoms. The summed E-state index contributed by atoms with van der Waals surface area (Å²) in [7, 11) is 0. The fourth-order valence-corrected chi connectivity index (χ4v) is 4.22. The van der Waals surface area contributed by atoms with Gasteiger partial charge in [-0.15, -0.1) is 0 Å². The Labute approximate surface area is 181 Å². The SMILES string of the molecule is CCC[C@@]1(c2ccccc2)NC(=O)N(CC(=O)N2CCN(c3ncccn3)CC2)C1=O. The zero-order valence-corrected chi connectivity index (χ0v) is 17.5. The molecule has 1 aromatic heterocycles. The zero-order valence-electron chi connectivity index (χ0n) is 17.5. The molecule has 9 nitrogen and oxygen atoms in total. The quantitative estimate of drug-likeness (QED) is 0.706. The predicted octanol–water partition coefficient (Wildman–Crippen LogP) is 1.37. The van der Waals surface area contributed by atoms with Crippen LogP contribution in [-0.2, 0) is 15.1 Å². The van der Waals surface area contributed by atoms with Crippen molar-refractivity contribution < 1.29 is 14.4 Å². The number of carbonyl (C=O) groups excluding carboxylic acids is 3. The Morgan fingerprint density at radius 1 is 1.03 bits per heavy atom. The number of hydrogen-bond acceptors (Lipinski definition) is 6. The van der Waals surface area contributed by atoms with Crippen molar-refractivity contribution in [2.75, 3.05) is 37.6 Å². The average molecular weight is 422 g/mol. The number of amides is 4. The molecule has 2 saturated heterocycles. The number of nitrogens with zero attached hydrogens (tertiary/aromatic N) is 5. The number of anilines is 1. The van der Waals surface area contributed by atoms with Gasteiger partial charge in [0.1, 0.15) is 12.1 Å². The zero-order chi connectivity index (χ0) is 21.8. The topological polar surface area (TPSA) is 98.7 Å². The molecule has 0 unspecified atom stereocenters. The van der Waals surface area contributed by atoms with Gasteiger partial charge in [-0.25, -0.2) is 14.8 Å². The lowest BCUT2D eigenvalue weighted by molar-refractivity contribution is -0.139. The molecule has 0 aliphatic carbocycles. The lowest BCUT2D eigenvalue weighted by Crippen LogP contribution is -2.52. The summed E-state index contributed by atoms with van der Waals surface area (Å²) < 4.78 is 0. The van der Waals surface area contributed by atoms with Crippen molar-refractivity contribution in [1.29, 1.82) is 0 Å². The minimum absolute atomic E-state index is 0.238. The Kier molecular flexibility index (Phi) is 5.83. The van der Waals surface area contributed by atoms with Crippen LogP contribution in [-0.4, -0.2) is 70.3 Å². The van der Waals surface area contributed by atoms with Crippen LogP contribution >= 0.6 is 0 Å². The number of piperazine rings is 1. The lowest BCUT2D eigenvalue weighted by Gasteiger charge is -2.35. The van der Waals surface area contributed by atoms with Crippen LogP contribution in [0.1, 0.15) is 25.3 Å². The Bertz CT molecular complexity index is 946. The fraction of sp³-hybridized carbons (Fsp3) is 0.409. The lowest BCUT2D eigenvalue weighted by atomic mass is 9.85. The van der Waals surface area contributed by atoms with Crippen LogP contribution in [0.15, 0.2) is 48.8 Å². The average Bonchev–Trinajstić information content (AvgIpc) is 3.05. The van der Waals surface area contributed by atoms with Gasteiger partial charge in [-0.2, -0.15) is 0 Å². The van der Waals surface area contributed by atoms with Crippen LogP contribution in [0.5, 0.6) is 0 Å². The number of nitrogens with one attached hydrogen (secondary N) is 1. The molecule has 1 aromatic carbocycles. The Hall–Kier alpha value is -3.49. The highest BCUT2D eigenvalue weighted by atomic mass is 16.2. The summed E-state index contributed by atoms with van der Waals surface area (Å²) in [5.41, 5.74) is -0.377. The van der Waals surface area contributed by atoms with Gasteiger partial charge < -0.3 is 15.1 Å². The summed E-state index contributed by atoms with van der Waals surface area (Å²) in [6, 6.07) is 10.5. The molecule has 0 saturated carbocycles. The predicted molar refractivity (Wildman–Crippen MR) is 114 cm³/mol. The van der Waals surface area contributed by atoms with Crippen LogP contribution in [0.2, 0.25) is 0 Å². The van der Waals surface area contributed by atoms with E-state index in [1.165, 1.54) is 0 Å². The van der Waals surface area contributed by atoms with E-state index < -0.39 is 11.6 Å². The van der Waals surface area contributed by atoms with Gasteiger partial charge in [-0.1, -0.05) is 43.7 Å². The first kappa shape index (κ1) is 20.8. The smallest absolute Gasteiger partial charge is 0.325 e. The van der Waals surface area contributed by atoms with Gasteiger partial charge in [0.15, 0.2) is 0 Å². The van der Waals surface area contributed by atoms with Gasteiger partial charge in [-0.3, -0.25) is 14.5 Å². The molecular formula is C22H26N6O3. The van der Waals surface area contributed by atoms with Crippen molar-refractivity contribution in [2.45, 2.75) is 25.3 Å². The maximum Gasteiger partial charge on any atom is 0.325 e. The summed E-state index contributed by atoms with van der Waals surface area (Å²) in [6.45, 7) is 3.87. The van der Waals surface area contributed by atoms with E-state index in [9.17, 15) is 14.4 Å². The van der Waals surface area contributed by atoms with Crippen LogP contribution in [0.4, 0.5) is 10.7 Å². The number of aromatic nitrogens is 2. The van der Waals surface area contributed by atoms with E-state index in [-0.39, 0.29) is 18.4 Å². The van der Waals surface area contributed by atoms with E-state index in [1.807, 2.05) is 42.2 Å². The van der Waals surface area contributed by atoms with Crippen molar-refractivity contribution in [1.82, 2.24) is 25.1 Å². The first-order valence-electron chi connectivity index (χ1n) is 10.5. The molecule has 4 amide bonds. The molecule has 31 heavy (non-hydrogen) atoms. The monoisotopic (exact) mass is 422 g/mol. The second-order valence-electron chi connectivity index (χ2n) is 7.76. The van der Waals surface area contributed by atoms with Crippen LogP contribution in [0.25, 0.3) is 0 Å².